The van der Waals surface area contributed by atoms with Gasteiger partial charge in [-0.2, -0.15) is 0 Å². The molecule has 0 unspecified atom stereocenters. The van der Waals surface area contributed by atoms with E-state index in [4.69, 9.17) is 0 Å². The number of benzene rings is 1. The summed E-state index contributed by atoms with van der Waals surface area (Å²) in [6, 6.07) is 15.6. The quantitative estimate of drug-likeness (QED) is 0.715. The molecular formula is C18H17N3OS. The van der Waals surface area contributed by atoms with Gasteiger partial charge in [0.1, 0.15) is 5.82 Å². The van der Waals surface area contributed by atoms with Crippen molar-refractivity contribution in [3.05, 3.63) is 70.5 Å². The van der Waals surface area contributed by atoms with Gasteiger partial charge in [0.25, 0.3) is 5.91 Å². The third-order valence-electron chi connectivity index (χ3n) is 3.40. The van der Waals surface area contributed by atoms with E-state index in [0.717, 1.165) is 17.9 Å². The van der Waals surface area contributed by atoms with Crippen molar-refractivity contribution in [3.8, 4) is 0 Å². The highest BCUT2D eigenvalue weighted by Gasteiger charge is 2.07. The second kappa shape index (κ2) is 7.07. The monoisotopic (exact) mass is 323 g/mol. The van der Waals surface area contributed by atoms with E-state index < -0.39 is 0 Å². The number of nitrogens with zero attached hydrogens (tertiary/aromatic N) is 1. The lowest BCUT2D eigenvalue weighted by Crippen LogP contribution is -2.10. The fourth-order valence-electron chi connectivity index (χ4n) is 2.11. The number of anilines is 3. The maximum Gasteiger partial charge on any atom is 0.265 e. The Kier molecular flexibility index (Phi) is 4.68. The van der Waals surface area contributed by atoms with Gasteiger partial charge in [-0.15, -0.1) is 11.3 Å². The van der Waals surface area contributed by atoms with Crippen molar-refractivity contribution in [2.75, 3.05) is 10.6 Å². The van der Waals surface area contributed by atoms with Gasteiger partial charge in [-0.3, -0.25) is 4.79 Å². The van der Waals surface area contributed by atoms with Crippen molar-refractivity contribution in [1.29, 1.82) is 0 Å². The first-order valence-electron chi connectivity index (χ1n) is 7.41. The van der Waals surface area contributed by atoms with Crippen LogP contribution in [0.15, 0.2) is 60.1 Å². The minimum Gasteiger partial charge on any atom is -0.340 e. The molecule has 0 bridgehead atoms. The number of aryl methyl sites for hydroxylation is 1. The Morgan fingerprint density at radius 3 is 2.48 bits per heavy atom. The Labute approximate surface area is 139 Å². The molecule has 23 heavy (non-hydrogen) atoms. The van der Waals surface area contributed by atoms with Crippen molar-refractivity contribution in [3.63, 3.8) is 0 Å². The number of thiophene rings is 1. The Hall–Kier alpha value is -2.66. The second-order valence-corrected chi connectivity index (χ2v) is 5.99. The van der Waals surface area contributed by atoms with Crippen LogP contribution < -0.4 is 10.6 Å². The lowest BCUT2D eigenvalue weighted by Gasteiger charge is -2.08. The molecule has 2 heterocycles. The van der Waals surface area contributed by atoms with Gasteiger partial charge in [0.15, 0.2) is 0 Å². The average Bonchev–Trinajstić information content (AvgIpc) is 3.12. The van der Waals surface area contributed by atoms with Crippen LogP contribution in [0.3, 0.4) is 0 Å². The van der Waals surface area contributed by atoms with E-state index in [1.807, 2.05) is 35.7 Å². The maximum absolute atomic E-state index is 12.0. The third kappa shape index (κ3) is 3.96. The SMILES string of the molecule is CCc1ccc(Nc2ccc(NC(=O)c3cccs3)cn2)cc1. The molecule has 2 N–H and O–H groups in total. The molecule has 0 aliphatic heterocycles. The fourth-order valence-corrected chi connectivity index (χ4v) is 2.73. The summed E-state index contributed by atoms with van der Waals surface area (Å²) in [5, 5.41) is 7.95. The maximum atomic E-state index is 12.0. The molecule has 0 aliphatic rings. The Morgan fingerprint density at radius 1 is 1.09 bits per heavy atom. The highest BCUT2D eigenvalue weighted by molar-refractivity contribution is 7.12. The van der Waals surface area contributed by atoms with E-state index in [-0.39, 0.29) is 5.91 Å². The van der Waals surface area contributed by atoms with Gasteiger partial charge in [-0.25, -0.2) is 4.98 Å². The first kappa shape index (κ1) is 15.2. The van der Waals surface area contributed by atoms with Crippen molar-refractivity contribution in [1.82, 2.24) is 4.98 Å². The Balaban J connectivity index is 1.63. The van der Waals surface area contributed by atoms with Gasteiger partial charge in [0.2, 0.25) is 0 Å². The Bertz CT molecular complexity index is 765. The molecular weight excluding hydrogens is 306 g/mol. The first-order valence-corrected chi connectivity index (χ1v) is 8.29. The molecule has 0 aliphatic carbocycles. The number of hydrogen-bond donors (Lipinski definition) is 2. The van der Waals surface area contributed by atoms with E-state index in [1.165, 1.54) is 16.9 Å². The molecule has 0 atom stereocenters. The number of nitrogens with one attached hydrogen (secondary N) is 2. The summed E-state index contributed by atoms with van der Waals surface area (Å²) < 4.78 is 0. The van der Waals surface area contributed by atoms with Gasteiger partial charge < -0.3 is 10.6 Å². The number of amides is 1. The number of pyridine rings is 1. The van der Waals surface area contributed by atoms with Crippen LogP contribution in [0, 0.1) is 0 Å². The summed E-state index contributed by atoms with van der Waals surface area (Å²) in [6.07, 6.45) is 2.67. The number of carbonyl (C=O) groups excluding carboxylic acids is 1. The molecule has 3 aromatic rings. The van der Waals surface area contributed by atoms with Crippen molar-refractivity contribution in [2.45, 2.75) is 13.3 Å². The van der Waals surface area contributed by atoms with Gasteiger partial charge in [0, 0.05) is 5.69 Å². The zero-order valence-corrected chi connectivity index (χ0v) is 13.6. The number of aromatic nitrogens is 1. The highest BCUT2D eigenvalue weighted by atomic mass is 32.1. The molecule has 2 aromatic heterocycles. The molecule has 4 nitrogen and oxygen atoms in total. The van der Waals surface area contributed by atoms with E-state index in [0.29, 0.717) is 10.6 Å². The van der Waals surface area contributed by atoms with Gasteiger partial charge in [-0.1, -0.05) is 25.1 Å². The van der Waals surface area contributed by atoms with Crippen LogP contribution in [0.4, 0.5) is 17.2 Å². The van der Waals surface area contributed by atoms with Crippen molar-refractivity contribution in [2.24, 2.45) is 0 Å². The van der Waals surface area contributed by atoms with Crippen LogP contribution in [-0.4, -0.2) is 10.9 Å². The van der Waals surface area contributed by atoms with Crippen LogP contribution in [0.2, 0.25) is 0 Å². The smallest absolute Gasteiger partial charge is 0.265 e. The number of carbonyl (C=O) groups is 1. The second-order valence-electron chi connectivity index (χ2n) is 5.04. The predicted molar refractivity (Wildman–Crippen MR) is 95.6 cm³/mol. The summed E-state index contributed by atoms with van der Waals surface area (Å²) in [7, 11) is 0. The standard InChI is InChI=1S/C18H17N3OS/c1-2-13-5-7-14(8-6-13)20-17-10-9-15(12-19-17)21-18(22)16-4-3-11-23-16/h3-12H,2H2,1H3,(H,19,20)(H,21,22). The summed E-state index contributed by atoms with van der Waals surface area (Å²) in [5.74, 6) is 0.626. The van der Waals surface area contributed by atoms with Crippen LogP contribution in [-0.2, 0) is 6.42 Å². The largest absolute Gasteiger partial charge is 0.340 e. The molecule has 0 radical (unpaired) electrons. The van der Waals surface area contributed by atoms with Crippen LogP contribution >= 0.6 is 11.3 Å². The third-order valence-corrected chi connectivity index (χ3v) is 4.27. The number of hydrogen-bond acceptors (Lipinski definition) is 4. The van der Waals surface area contributed by atoms with Crippen LogP contribution in [0.25, 0.3) is 0 Å². The summed E-state index contributed by atoms with van der Waals surface area (Å²) >= 11 is 1.41. The molecule has 0 saturated carbocycles. The zero-order valence-electron chi connectivity index (χ0n) is 12.7. The summed E-state index contributed by atoms with van der Waals surface area (Å²) in [6.45, 7) is 2.13. The van der Waals surface area contributed by atoms with Gasteiger partial charge in [-0.05, 0) is 47.7 Å². The summed E-state index contributed by atoms with van der Waals surface area (Å²) in [5.41, 5.74) is 2.97. The van der Waals surface area contributed by atoms with Crippen LogP contribution in [0.1, 0.15) is 22.2 Å². The fraction of sp³-hybridized carbons (Fsp3) is 0.111. The lowest BCUT2D eigenvalue weighted by atomic mass is 10.1. The molecule has 5 heteroatoms. The van der Waals surface area contributed by atoms with Crippen molar-refractivity contribution >= 4 is 34.4 Å². The molecule has 0 fully saturated rings. The number of rotatable bonds is 5. The average molecular weight is 323 g/mol. The molecule has 0 spiro atoms. The molecule has 1 amide bonds. The van der Waals surface area contributed by atoms with Crippen molar-refractivity contribution < 1.29 is 4.79 Å². The molecule has 1 aromatic carbocycles. The van der Waals surface area contributed by atoms with Gasteiger partial charge >= 0.3 is 0 Å². The summed E-state index contributed by atoms with van der Waals surface area (Å²) in [4.78, 5) is 17.0. The van der Waals surface area contributed by atoms with E-state index >= 15 is 0 Å². The highest BCUT2D eigenvalue weighted by Crippen LogP contribution is 2.18. The zero-order chi connectivity index (χ0) is 16.1. The van der Waals surface area contributed by atoms with E-state index in [2.05, 4.69) is 34.7 Å². The van der Waals surface area contributed by atoms with Gasteiger partial charge in [0.05, 0.1) is 16.8 Å². The molecule has 0 saturated heterocycles. The minimum atomic E-state index is -0.113. The topological polar surface area (TPSA) is 54.0 Å². The minimum absolute atomic E-state index is 0.113. The first-order chi connectivity index (χ1) is 11.2. The lowest BCUT2D eigenvalue weighted by molar-refractivity contribution is 0.103. The van der Waals surface area contributed by atoms with E-state index in [1.54, 1.807) is 12.3 Å². The Morgan fingerprint density at radius 2 is 1.87 bits per heavy atom. The van der Waals surface area contributed by atoms with E-state index in [9.17, 15) is 4.79 Å². The predicted octanol–water partition coefficient (Wildman–Crippen LogP) is 4.70. The normalized spacial score (nSPS) is 10.3. The van der Waals surface area contributed by atoms with Crippen LogP contribution in [0.5, 0.6) is 0 Å². The molecule has 116 valence electrons. The molecule has 3 rings (SSSR count).